The van der Waals surface area contributed by atoms with Gasteiger partial charge in [0.2, 0.25) is 11.8 Å². The number of carboxylic acids is 1. The average molecular weight is 273 g/mol. The molecule has 2 atom stereocenters. The molecule has 5 nitrogen and oxygen atoms in total. The Hall–Kier alpha value is -2.17. The number of amides is 2. The fourth-order valence-corrected chi connectivity index (χ4v) is 3.14. The number of aliphatic carboxylic acids is 1. The van der Waals surface area contributed by atoms with Crippen molar-refractivity contribution in [1.82, 2.24) is 0 Å². The van der Waals surface area contributed by atoms with Crippen molar-refractivity contribution in [2.75, 3.05) is 4.90 Å². The average Bonchev–Trinajstić information content (AvgIpc) is 2.83. The number of benzene rings is 1. The van der Waals surface area contributed by atoms with Crippen LogP contribution in [0.2, 0.25) is 0 Å². The maximum Gasteiger partial charge on any atom is 0.307 e. The topological polar surface area (TPSA) is 74.7 Å². The number of fused-ring (bicyclic) bond motifs is 2. The van der Waals surface area contributed by atoms with E-state index in [0.29, 0.717) is 17.7 Å². The lowest BCUT2D eigenvalue weighted by Gasteiger charge is -2.29. The van der Waals surface area contributed by atoms with Crippen molar-refractivity contribution < 1.29 is 19.5 Å². The molecular weight excluding hydrogens is 258 g/mol. The van der Waals surface area contributed by atoms with Crippen LogP contribution in [0.25, 0.3) is 0 Å². The zero-order chi connectivity index (χ0) is 14.3. The number of anilines is 1. The Kier molecular flexibility index (Phi) is 3.04. The van der Waals surface area contributed by atoms with Crippen molar-refractivity contribution in [3.05, 3.63) is 29.8 Å². The van der Waals surface area contributed by atoms with Gasteiger partial charge in [0, 0.05) is 11.8 Å². The molecule has 5 heteroatoms. The Morgan fingerprint density at radius 2 is 1.85 bits per heavy atom. The van der Waals surface area contributed by atoms with Crippen molar-refractivity contribution in [3.63, 3.8) is 0 Å². The Morgan fingerprint density at radius 3 is 2.45 bits per heavy atom. The third kappa shape index (κ3) is 2.09. The van der Waals surface area contributed by atoms with E-state index in [0.717, 1.165) is 12.8 Å². The van der Waals surface area contributed by atoms with Gasteiger partial charge in [0.25, 0.3) is 0 Å². The molecule has 104 valence electrons. The van der Waals surface area contributed by atoms with E-state index >= 15 is 0 Å². The number of imide groups is 1. The van der Waals surface area contributed by atoms with E-state index in [-0.39, 0.29) is 30.1 Å². The molecule has 20 heavy (non-hydrogen) atoms. The van der Waals surface area contributed by atoms with Crippen LogP contribution in [0.4, 0.5) is 5.69 Å². The second-order valence-electron chi connectivity index (χ2n) is 5.46. The largest absolute Gasteiger partial charge is 0.481 e. The van der Waals surface area contributed by atoms with Crippen LogP contribution < -0.4 is 4.90 Å². The summed E-state index contributed by atoms with van der Waals surface area (Å²) in [4.78, 5) is 36.6. The molecule has 2 fully saturated rings. The van der Waals surface area contributed by atoms with Gasteiger partial charge in [-0.3, -0.25) is 19.3 Å². The Bertz CT molecular complexity index is 573. The second kappa shape index (κ2) is 4.74. The lowest BCUT2D eigenvalue weighted by molar-refractivity contribution is -0.136. The molecule has 1 aliphatic carbocycles. The molecule has 1 aromatic rings. The highest BCUT2D eigenvalue weighted by atomic mass is 16.4. The lowest BCUT2D eigenvalue weighted by atomic mass is 9.96. The SMILES string of the molecule is O=C(O)Cc1cccc(N2C(=O)C3CCC(C3)C2=O)c1. The standard InChI is InChI=1S/C15H15NO4/c17-13(18)7-9-2-1-3-12(6-9)16-14(19)10-4-5-11(8-10)15(16)20/h1-3,6,10-11H,4-5,7-8H2,(H,17,18). The van der Waals surface area contributed by atoms with Crippen LogP contribution in [-0.4, -0.2) is 22.9 Å². The zero-order valence-corrected chi connectivity index (χ0v) is 10.9. The highest BCUT2D eigenvalue weighted by molar-refractivity contribution is 6.18. The third-order valence-electron chi connectivity index (χ3n) is 4.10. The minimum absolute atomic E-state index is 0.0548. The fraction of sp³-hybridized carbons (Fsp3) is 0.400. The van der Waals surface area contributed by atoms with Gasteiger partial charge in [0.1, 0.15) is 0 Å². The predicted molar refractivity (Wildman–Crippen MR) is 71.1 cm³/mol. The first-order valence-corrected chi connectivity index (χ1v) is 6.75. The second-order valence-corrected chi connectivity index (χ2v) is 5.46. The van der Waals surface area contributed by atoms with Crippen LogP contribution in [-0.2, 0) is 20.8 Å². The number of hydrogen-bond acceptors (Lipinski definition) is 3. The van der Waals surface area contributed by atoms with E-state index in [1.54, 1.807) is 24.3 Å². The molecule has 1 saturated heterocycles. The molecule has 1 saturated carbocycles. The Morgan fingerprint density at radius 1 is 1.20 bits per heavy atom. The number of carboxylic acid groups (broad SMARTS) is 1. The smallest absolute Gasteiger partial charge is 0.307 e. The van der Waals surface area contributed by atoms with E-state index < -0.39 is 5.97 Å². The van der Waals surface area contributed by atoms with Gasteiger partial charge < -0.3 is 5.11 Å². The highest BCUT2D eigenvalue weighted by Gasteiger charge is 2.45. The van der Waals surface area contributed by atoms with Gasteiger partial charge in [-0.1, -0.05) is 12.1 Å². The fourth-order valence-electron chi connectivity index (χ4n) is 3.14. The molecule has 0 aromatic heterocycles. The molecule has 2 unspecified atom stereocenters. The van der Waals surface area contributed by atoms with Crippen LogP contribution in [0.1, 0.15) is 24.8 Å². The minimum Gasteiger partial charge on any atom is -0.481 e. The Labute approximate surface area is 116 Å². The van der Waals surface area contributed by atoms with Gasteiger partial charge in [0.05, 0.1) is 12.1 Å². The summed E-state index contributed by atoms with van der Waals surface area (Å²) in [5, 5.41) is 8.82. The van der Waals surface area contributed by atoms with Crippen LogP contribution in [0.3, 0.4) is 0 Å². The van der Waals surface area contributed by atoms with Crippen LogP contribution in [0.5, 0.6) is 0 Å². The summed E-state index contributed by atoms with van der Waals surface area (Å²) in [6, 6.07) is 6.68. The molecule has 1 aliphatic heterocycles. The van der Waals surface area contributed by atoms with Gasteiger partial charge in [0.15, 0.2) is 0 Å². The summed E-state index contributed by atoms with van der Waals surface area (Å²) in [6.07, 6.45) is 2.11. The monoisotopic (exact) mass is 273 g/mol. The molecule has 2 aliphatic rings. The van der Waals surface area contributed by atoms with Crippen molar-refractivity contribution in [2.24, 2.45) is 11.8 Å². The summed E-state index contributed by atoms with van der Waals surface area (Å²) in [5.74, 6) is -1.33. The zero-order valence-electron chi connectivity index (χ0n) is 10.9. The summed E-state index contributed by atoms with van der Waals surface area (Å²) in [5.41, 5.74) is 1.09. The van der Waals surface area contributed by atoms with E-state index in [9.17, 15) is 14.4 Å². The molecule has 2 amide bonds. The molecule has 2 bridgehead atoms. The summed E-state index contributed by atoms with van der Waals surface area (Å²) in [6.45, 7) is 0. The quantitative estimate of drug-likeness (QED) is 0.849. The molecule has 0 spiro atoms. The van der Waals surface area contributed by atoms with Gasteiger partial charge in [-0.25, -0.2) is 0 Å². The van der Waals surface area contributed by atoms with Crippen LogP contribution in [0.15, 0.2) is 24.3 Å². The van der Waals surface area contributed by atoms with E-state index in [1.165, 1.54) is 4.90 Å². The first kappa shape index (κ1) is 12.8. The van der Waals surface area contributed by atoms with Crippen molar-refractivity contribution in [1.29, 1.82) is 0 Å². The first-order valence-electron chi connectivity index (χ1n) is 6.75. The van der Waals surface area contributed by atoms with Gasteiger partial charge in [-0.15, -0.1) is 0 Å². The molecule has 1 heterocycles. The van der Waals surface area contributed by atoms with Gasteiger partial charge >= 0.3 is 5.97 Å². The maximum atomic E-state index is 12.3. The number of rotatable bonds is 3. The molecule has 3 rings (SSSR count). The van der Waals surface area contributed by atoms with Crippen molar-refractivity contribution in [2.45, 2.75) is 25.7 Å². The first-order chi connectivity index (χ1) is 9.56. The summed E-state index contributed by atoms with van der Waals surface area (Å²) < 4.78 is 0. The van der Waals surface area contributed by atoms with Gasteiger partial charge in [-0.05, 0) is 37.0 Å². The third-order valence-corrected chi connectivity index (χ3v) is 4.10. The van der Waals surface area contributed by atoms with Crippen LogP contribution in [0, 0.1) is 11.8 Å². The number of hydrogen-bond donors (Lipinski definition) is 1. The van der Waals surface area contributed by atoms with Crippen molar-refractivity contribution in [3.8, 4) is 0 Å². The molecule has 1 aromatic carbocycles. The molecular formula is C15H15NO4. The molecule has 0 radical (unpaired) electrons. The normalized spacial score (nSPS) is 25.1. The lowest BCUT2D eigenvalue weighted by Crippen LogP contribution is -2.46. The summed E-state index contributed by atoms with van der Waals surface area (Å²) in [7, 11) is 0. The number of nitrogens with zero attached hydrogens (tertiary/aromatic N) is 1. The van der Waals surface area contributed by atoms with E-state index in [2.05, 4.69) is 0 Å². The highest BCUT2D eigenvalue weighted by Crippen LogP contribution is 2.40. The van der Waals surface area contributed by atoms with Gasteiger partial charge in [-0.2, -0.15) is 0 Å². The minimum atomic E-state index is -0.932. The Balaban J connectivity index is 1.93. The maximum absolute atomic E-state index is 12.3. The number of carbonyl (C=O) groups excluding carboxylic acids is 2. The van der Waals surface area contributed by atoms with E-state index in [4.69, 9.17) is 5.11 Å². The van der Waals surface area contributed by atoms with E-state index in [1.807, 2.05) is 0 Å². The predicted octanol–water partition coefficient (Wildman–Crippen LogP) is 1.60. The van der Waals surface area contributed by atoms with Crippen LogP contribution >= 0.6 is 0 Å². The van der Waals surface area contributed by atoms with Crippen molar-refractivity contribution >= 4 is 23.5 Å². The number of piperidine rings is 1. The summed E-state index contributed by atoms with van der Waals surface area (Å²) >= 11 is 0. The molecule has 1 N–H and O–H groups in total. The number of carbonyl (C=O) groups is 3.